The molecule has 0 heterocycles. The van der Waals surface area contributed by atoms with Crippen molar-refractivity contribution < 1.29 is 9.90 Å². The molecule has 0 spiro atoms. The van der Waals surface area contributed by atoms with E-state index in [0.29, 0.717) is 5.56 Å². The Labute approximate surface area is 134 Å². The van der Waals surface area contributed by atoms with Crippen molar-refractivity contribution in [3.8, 4) is 0 Å². The molecular weight excluding hydrogens is 386 g/mol. The van der Waals surface area contributed by atoms with Gasteiger partial charge in [0.1, 0.15) is 0 Å². The zero-order valence-electron chi connectivity index (χ0n) is 10.7. The molecule has 1 unspecified atom stereocenters. The minimum atomic E-state index is -1.20. The Morgan fingerprint density at radius 1 is 1.10 bits per heavy atom. The third kappa shape index (κ3) is 3.22. The van der Waals surface area contributed by atoms with Gasteiger partial charge in [0.25, 0.3) is 0 Å². The molecule has 0 aromatic heterocycles. The van der Waals surface area contributed by atoms with Crippen molar-refractivity contribution in [2.24, 2.45) is 0 Å². The average Bonchev–Trinajstić information content (AvgIpc) is 2.41. The second kappa shape index (κ2) is 5.97. The summed E-state index contributed by atoms with van der Waals surface area (Å²) in [6, 6.07) is 14.7. The summed E-state index contributed by atoms with van der Waals surface area (Å²) in [4.78, 5) is 11.7. The van der Waals surface area contributed by atoms with Crippen LogP contribution < -0.4 is 5.32 Å². The number of carboxylic acid groups (broad SMARTS) is 1. The van der Waals surface area contributed by atoms with Crippen LogP contribution in [0.15, 0.2) is 57.5 Å². The standard InChI is InChI=1S/C15H13Br2NO2/c1-15(14(19)20,10-3-2-4-12(17)9-10)18-13-7-5-11(16)6-8-13/h2-9,18H,1H3,(H,19,20). The van der Waals surface area contributed by atoms with Crippen LogP contribution >= 0.6 is 31.9 Å². The predicted molar refractivity (Wildman–Crippen MR) is 86.9 cm³/mol. The number of halogens is 2. The van der Waals surface area contributed by atoms with Gasteiger partial charge in [-0.15, -0.1) is 0 Å². The van der Waals surface area contributed by atoms with Gasteiger partial charge < -0.3 is 10.4 Å². The fraction of sp³-hybridized carbons (Fsp3) is 0.133. The minimum absolute atomic E-state index is 0.683. The molecule has 0 aliphatic heterocycles. The third-order valence-corrected chi connectivity index (χ3v) is 4.09. The van der Waals surface area contributed by atoms with Gasteiger partial charge in [-0.3, -0.25) is 0 Å². The van der Waals surface area contributed by atoms with Crippen LogP contribution in [-0.4, -0.2) is 11.1 Å². The number of aliphatic carboxylic acids is 1. The zero-order valence-corrected chi connectivity index (χ0v) is 13.9. The van der Waals surface area contributed by atoms with Gasteiger partial charge in [-0.25, -0.2) is 4.79 Å². The molecule has 0 saturated carbocycles. The Kier molecular flexibility index (Phi) is 4.50. The number of nitrogens with one attached hydrogen (secondary N) is 1. The van der Waals surface area contributed by atoms with Crippen LogP contribution in [0.4, 0.5) is 5.69 Å². The lowest BCUT2D eigenvalue weighted by molar-refractivity contribution is -0.142. The van der Waals surface area contributed by atoms with Crippen molar-refractivity contribution in [2.75, 3.05) is 5.32 Å². The summed E-state index contributed by atoms with van der Waals surface area (Å²) >= 11 is 6.73. The number of rotatable bonds is 4. The highest BCUT2D eigenvalue weighted by Crippen LogP contribution is 2.29. The van der Waals surface area contributed by atoms with Crippen LogP contribution in [0.2, 0.25) is 0 Å². The smallest absolute Gasteiger partial charge is 0.333 e. The molecule has 0 fully saturated rings. The van der Waals surface area contributed by atoms with E-state index in [1.807, 2.05) is 36.4 Å². The van der Waals surface area contributed by atoms with Crippen molar-refractivity contribution in [1.82, 2.24) is 0 Å². The summed E-state index contributed by atoms with van der Waals surface area (Å²) in [5.41, 5.74) is 0.234. The summed E-state index contributed by atoms with van der Waals surface area (Å²) in [6.07, 6.45) is 0. The lowest BCUT2D eigenvalue weighted by Crippen LogP contribution is -2.40. The second-order valence-corrected chi connectivity index (χ2v) is 6.40. The Morgan fingerprint density at radius 2 is 1.75 bits per heavy atom. The van der Waals surface area contributed by atoms with Crippen LogP contribution in [0.25, 0.3) is 0 Å². The number of hydrogen-bond acceptors (Lipinski definition) is 2. The first kappa shape index (κ1) is 15.1. The van der Waals surface area contributed by atoms with Gasteiger partial charge in [0, 0.05) is 14.6 Å². The normalized spacial score (nSPS) is 13.6. The Hall–Kier alpha value is -1.33. The first-order valence-corrected chi connectivity index (χ1v) is 7.53. The molecule has 0 saturated heterocycles. The molecule has 1 atom stereocenters. The molecule has 0 bridgehead atoms. The number of carboxylic acids is 1. The summed E-state index contributed by atoms with van der Waals surface area (Å²) < 4.78 is 1.79. The molecule has 5 heteroatoms. The summed E-state index contributed by atoms with van der Waals surface area (Å²) in [7, 11) is 0. The minimum Gasteiger partial charge on any atom is -0.479 e. The van der Waals surface area contributed by atoms with Crippen LogP contribution in [0.3, 0.4) is 0 Å². The maximum Gasteiger partial charge on any atom is 0.333 e. The first-order chi connectivity index (χ1) is 9.41. The summed E-state index contributed by atoms with van der Waals surface area (Å²) in [5.74, 6) is -0.932. The quantitative estimate of drug-likeness (QED) is 0.789. The molecule has 3 nitrogen and oxygen atoms in total. The average molecular weight is 399 g/mol. The molecule has 20 heavy (non-hydrogen) atoms. The van der Waals surface area contributed by atoms with E-state index < -0.39 is 11.5 Å². The Balaban J connectivity index is 2.39. The summed E-state index contributed by atoms with van der Waals surface area (Å²) in [5, 5.41) is 12.7. The van der Waals surface area contributed by atoms with Crippen LogP contribution in [0, 0.1) is 0 Å². The molecule has 2 rings (SSSR count). The first-order valence-electron chi connectivity index (χ1n) is 5.95. The number of benzene rings is 2. The topological polar surface area (TPSA) is 49.3 Å². The fourth-order valence-electron chi connectivity index (χ4n) is 1.87. The van der Waals surface area contributed by atoms with E-state index in [2.05, 4.69) is 37.2 Å². The number of hydrogen-bond donors (Lipinski definition) is 2. The molecule has 2 aromatic carbocycles. The lowest BCUT2D eigenvalue weighted by Gasteiger charge is -2.28. The van der Waals surface area contributed by atoms with Gasteiger partial charge in [-0.1, -0.05) is 44.0 Å². The van der Waals surface area contributed by atoms with Gasteiger partial charge in [0.05, 0.1) is 0 Å². The van der Waals surface area contributed by atoms with E-state index in [1.54, 1.807) is 19.1 Å². The van der Waals surface area contributed by atoms with Crippen molar-refractivity contribution in [1.29, 1.82) is 0 Å². The highest BCUT2D eigenvalue weighted by Gasteiger charge is 2.35. The predicted octanol–water partition coefficient (Wildman–Crippen LogP) is 4.62. The zero-order chi connectivity index (χ0) is 14.8. The van der Waals surface area contributed by atoms with E-state index in [-0.39, 0.29) is 0 Å². The highest BCUT2D eigenvalue weighted by molar-refractivity contribution is 9.10. The molecule has 2 N–H and O–H groups in total. The maximum absolute atomic E-state index is 11.7. The molecule has 0 amide bonds. The van der Waals surface area contributed by atoms with Crippen molar-refractivity contribution in [2.45, 2.75) is 12.5 Å². The fourth-order valence-corrected chi connectivity index (χ4v) is 2.53. The van der Waals surface area contributed by atoms with Crippen molar-refractivity contribution >= 4 is 43.5 Å². The van der Waals surface area contributed by atoms with Crippen molar-refractivity contribution in [3.05, 3.63) is 63.0 Å². The van der Waals surface area contributed by atoms with Gasteiger partial charge in [-0.2, -0.15) is 0 Å². The number of carbonyl (C=O) groups is 1. The van der Waals surface area contributed by atoms with Crippen LogP contribution in [-0.2, 0) is 10.3 Å². The van der Waals surface area contributed by atoms with Crippen LogP contribution in [0.5, 0.6) is 0 Å². The van der Waals surface area contributed by atoms with Gasteiger partial charge in [-0.05, 0) is 48.9 Å². The number of anilines is 1. The summed E-state index contributed by atoms with van der Waals surface area (Å²) in [6.45, 7) is 1.65. The molecule has 104 valence electrons. The van der Waals surface area contributed by atoms with E-state index in [0.717, 1.165) is 14.6 Å². The van der Waals surface area contributed by atoms with Gasteiger partial charge in [0.2, 0.25) is 0 Å². The molecule has 0 radical (unpaired) electrons. The maximum atomic E-state index is 11.7. The molecule has 2 aromatic rings. The van der Waals surface area contributed by atoms with Gasteiger partial charge >= 0.3 is 5.97 Å². The monoisotopic (exact) mass is 397 g/mol. The molecule has 0 aliphatic carbocycles. The van der Waals surface area contributed by atoms with E-state index in [4.69, 9.17) is 0 Å². The largest absolute Gasteiger partial charge is 0.479 e. The Bertz CT molecular complexity index is 628. The van der Waals surface area contributed by atoms with Crippen molar-refractivity contribution in [3.63, 3.8) is 0 Å². The SMILES string of the molecule is CC(Nc1ccc(Br)cc1)(C(=O)O)c1cccc(Br)c1. The van der Waals surface area contributed by atoms with E-state index in [9.17, 15) is 9.90 Å². The molecular formula is C15H13Br2NO2. The van der Waals surface area contributed by atoms with E-state index in [1.165, 1.54) is 0 Å². The van der Waals surface area contributed by atoms with Gasteiger partial charge in [0.15, 0.2) is 5.54 Å². The molecule has 0 aliphatic rings. The van der Waals surface area contributed by atoms with E-state index >= 15 is 0 Å². The third-order valence-electron chi connectivity index (χ3n) is 3.07. The lowest BCUT2D eigenvalue weighted by atomic mass is 9.91. The highest BCUT2D eigenvalue weighted by atomic mass is 79.9. The Morgan fingerprint density at radius 3 is 2.30 bits per heavy atom. The second-order valence-electron chi connectivity index (χ2n) is 4.57. The van der Waals surface area contributed by atoms with Crippen LogP contribution in [0.1, 0.15) is 12.5 Å².